The van der Waals surface area contributed by atoms with Crippen molar-refractivity contribution < 1.29 is 0 Å². The maximum atomic E-state index is 8.65. The lowest BCUT2D eigenvalue weighted by Crippen LogP contribution is -2.07. The summed E-state index contributed by atoms with van der Waals surface area (Å²) in [7, 11) is 0. The summed E-state index contributed by atoms with van der Waals surface area (Å²) in [6, 6.07) is 11.4. The third kappa shape index (κ3) is 1.66. The molecule has 4 N–H and O–H groups in total. The highest BCUT2D eigenvalue weighted by molar-refractivity contribution is 5.82. The molecular weight excluding hydrogens is 200 g/mol. The molecule has 78 valence electrons. The molecule has 0 aliphatic carbocycles. The van der Waals surface area contributed by atoms with Crippen LogP contribution in [0.3, 0.4) is 0 Å². The quantitative estimate of drug-likeness (QED) is 0.695. The van der Waals surface area contributed by atoms with Crippen LogP contribution in [0.1, 0.15) is 5.56 Å². The van der Waals surface area contributed by atoms with E-state index in [0.29, 0.717) is 5.56 Å². The Labute approximate surface area is 92.8 Å². The number of fused-ring (bicyclic) bond motifs is 1. The summed E-state index contributed by atoms with van der Waals surface area (Å²) in [5.74, 6) is 0. The van der Waals surface area contributed by atoms with Crippen LogP contribution >= 0.6 is 0 Å². The Morgan fingerprint density at radius 3 is 2.75 bits per heavy atom. The molecular formula is C12H10N4. The maximum absolute atomic E-state index is 8.65. The van der Waals surface area contributed by atoms with Gasteiger partial charge in [0.2, 0.25) is 0 Å². The van der Waals surface area contributed by atoms with Gasteiger partial charge in [-0.05, 0) is 12.1 Å². The minimum atomic E-state index is 0.0112. The average Bonchev–Trinajstić information content (AvgIpc) is 2.36. The van der Waals surface area contributed by atoms with Crippen LogP contribution in [0.5, 0.6) is 0 Å². The van der Waals surface area contributed by atoms with Crippen molar-refractivity contribution in [2.45, 2.75) is 0 Å². The highest BCUT2D eigenvalue weighted by Crippen LogP contribution is 2.16. The van der Waals surface area contributed by atoms with Crippen LogP contribution in [-0.2, 0) is 0 Å². The molecule has 0 unspecified atom stereocenters. The van der Waals surface area contributed by atoms with Gasteiger partial charge in [0.05, 0.1) is 11.2 Å². The Balaban J connectivity index is 2.61. The van der Waals surface area contributed by atoms with Crippen molar-refractivity contribution in [1.29, 1.82) is 5.26 Å². The van der Waals surface area contributed by atoms with Crippen molar-refractivity contribution in [3.8, 4) is 6.07 Å². The van der Waals surface area contributed by atoms with Gasteiger partial charge in [0.15, 0.2) is 0 Å². The van der Waals surface area contributed by atoms with Gasteiger partial charge in [-0.25, -0.2) is 0 Å². The van der Waals surface area contributed by atoms with Crippen molar-refractivity contribution in [3.05, 3.63) is 47.8 Å². The fourth-order valence-electron chi connectivity index (χ4n) is 1.43. The highest BCUT2D eigenvalue weighted by atomic mass is 14.7. The molecule has 1 heterocycles. The summed E-state index contributed by atoms with van der Waals surface area (Å²) < 4.78 is 0. The Morgan fingerprint density at radius 1 is 1.25 bits per heavy atom. The molecule has 0 aliphatic rings. The lowest BCUT2D eigenvalue weighted by Gasteiger charge is -2.03. The fourth-order valence-corrected chi connectivity index (χ4v) is 1.43. The first-order valence-electron chi connectivity index (χ1n) is 4.73. The largest absolute Gasteiger partial charge is 0.396 e. The molecule has 0 radical (unpaired) electrons. The minimum absolute atomic E-state index is 0.0112. The number of benzene rings is 1. The summed E-state index contributed by atoms with van der Waals surface area (Å²) in [5.41, 5.74) is 13.0. The second kappa shape index (κ2) is 3.91. The van der Waals surface area contributed by atoms with Crippen LogP contribution in [0.25, 0.3) is 16.6 Å². The zero-order valence-electron chi connectivity index (χ0n) is 8.51. The number of allylic oxidation sites excluding steroid dienone is 1. The van der Waals surface area contributed by atoms with E-state index in [2.05, 4.69) is 4.98 Å². The molecule has 16 heavy (non-hydrogen) atoms. The monoisotopic (exact) mass is 210 g/mol. The van der Waals surface area contributed by atoms with Crippen LogP contribution in [0.4, 0.5) is 0 Å². The number of para-hydroxylation sites is 1. The number of nitrogens with two attached hydrogens (primary N) is 2. The predicted octanol–water partition coefficient (Wildman–Crippen LogP) is 1.34. The first kappa shape index (κ1) is 9.99. The molecule has 0 amide bonds. The highest BCUT2D eigenvalue weighted by Gasteiger charge is 2.03. The van der Waals surface area contributed by atoms with E-state index < -0.39 is 0 Å². The lowest BCUT2D eigenvalue weighted by molar-refractivity contribution is 1.32. The molecule has 0 saturated carbocycles. The lowest BCUT2D eigenvalue weighted by atomic mass is 10.1. The second-order valence-corrected chi connectivity index (χ2v) is 3.36. The molecule has 1 aromatic heterocycles. The summed E-state index contributed by atoms with van der Waals surface area (Å²) >= 11 is 0. The van der Waals surface area contributed by atoms with E-state index in [9.17, 15) is 0 Å². The molecule has 0 fully saturated rings. The van der Waals surface area contributed by atoms with Gasteiger partial charge < -0.3 is 11.5 Å². The van der Waals surface area contributed by atoms with Crippen LogP contribution in [0.15, 0.2) is 42.2 Å². The molecule has 0 atom stereocenters. The van der Waals surface area contributed by atoms with Gasteiger partial charge in [-0.15, -0.1) is 0 Å². The number of hydrogen-bond acceptors (Lipinski definition) is 4. The molecule has 4 heteroatoms. The molecule has 2 aromatic rings. The van der Waals surface area contributed by atoms with Gasteiger partial charge in [0.25, 0.3) is 0 Å². The van der Waals surface area contributed by atoms with Crippen molar-refractivity contribution in [3.63, 3.8) is 0 Å². The van der Waals surface area contributed by atoms with Gasteiger partial charge in [-0.3, -0.25) is 4.98 Å². The normalized spacial score (nSPS) is 11.9. The second-order valence-electron chi connectivity index (χ2n) is 3.36. The van der Waals surface area contributed by atoms with Crippen molar-refractivity contribution in [2.24, 2.45) is 11.5 Å². The Kier molecular flexibility index (Phi) is 2.44. The maximum Gasteiger partial charge on any atom is 0.134 e. The van der Waals surface area contributed by atoms with Crippen LogP contribution in [0, 0.1) is 11.3 Å². The van der Waals surface area contributed by atoms with E-state index in [0.717, 1.165) is 10.9 Å². The molecule has 0 aliphatic heterocycles. The van der Waals surface area contributed by atoms with Gasteiger partial charge in [0, 0.05) is 17.1 Å². The van der Waals surface area contributed by atoms with E-state index in [-0.39, 0.29) is 11.4 Å². The van der Waals surface area contributed by atoms with E-state index in [4.69, 9.17) is 16.7 Å². The Hall–Kier alpha value is -2.54. The molecule has 2 rings (SSSR count). The topological polar surface area (TPSA) is 88.7 Å². The zero-order valence-corrected chi connectivity index (χ0v) is 8.51. The van der Waals surface area contributed by atoms with Crippen LogP contribution in [0.2, 0.25) is 0 Å². The van der Waals surface area contributed by atoms with Gasteiger partial charge >= 0.3 is 0 Å². The first-order chi connectivity index (χ1) is 7.72. The number of aromatic nitrogens is 1. The smallest absolute Gasteiger partial charge is 0.134 e. The third-order valence-corrected chi connectivity index (χ3v) is 2.31. The van der Waals surface area contributed by atoms with E-state index >= 15 is 0 Å². The van der Waals surface area contributed by atoms with E-state index in [1.165, 1.54) is 0 Å². The summed E-state index contributed by atoms with van der Waals surface area (Å²) in [5, 5.41) is 9.61. The van der Waals surface area contributed by atoms with Gasteiger partial charge in [-0.1, -0.05) is 18.2 Å². The molecule has 4 nitrogen and oxygen atoms in total. The van der Waals surface area contributed by atoms with E-state index in [1.54, 1.807) is 6.20 Å². The Bertz CT molecular complexity index is 608. The van der Waals surface area contributed by atoms with E-state index in [1.807, 2.05) is 36.4 Å². The summed E-state index contributed by atoms with van der Waals surface area (Å²) in [6.45, 7) is 0. The van der Waals surface area contributed by atoms with Crippen molar-refractivity contribution in [2.75, 3.05) is 0 Å². The standard InChI is InChI=1S/C12H10N4/c13-6-10(14)12(15)9-5-8-3-1-2-4-11(8)16-7-9/h1-5,7H,14-15H2/b12-10-. The number of pyridine rings is 1. The van der Waals surface area contributed by atoms with Crippen LogP contribution in [-0.4, -0.2) is 4.98 Å². The summed E-state index contributed by atoms with van der Waals surface area (Å²) in [6.07, 6.45) is 1.61. The number of nitrogens with zero attached hydrogens (tertiary/aromatic N) is 2. The first-order valence-corrected chi connectivity index (χ1v) is 4.73. The molecule has 0 spiro atoms. The van der Waals surface area contributed by atoms with Crippen molar-refractivity contribution >= 4 is 16.6 Å². The summed E-state index contributed by atoms with van der Waals surface area (Å²) in [4.78, 5) is 4.24. The SMILES string of the molecule is N#C/C(N)=C(/N)c1cnc2ccccc2c1. The number of hydrogen-bond donors (Lipinski definition) is 2. The van der Waals surface area contributed by atoms with Gasteiger partial charge in [-0.2, -0.15) is 5.26 Å². The molecule has 0 bridgehead atoms. The zero-order chi connectivity index (χ0) is 11.5. The average molecular weight is 210 g/mol. The predicted molar refractivity (Wildman–Crippen MR) is 62.7 cm³/mol. The molecule has 0 saturated heterocycles. The Morgan fingerprint density at radius 2 is 2.00 bits per heavy atom. The van der Waals surface area contributed by atoms with Gasteiger partial charge in [0.1, 0.15) is 11.8 Å². The third-order valence-electron chi connectivity index (χ3n) is 2.31. The van der Waals surface area contributed by atoms with Crippen LogP contribution < -0.4 is 11.5 Å². The van der Waals surface area contributed by atoms with Crippen molar-refractivity contribution in [1.82, 2.24) is 4.98 Å². The fraction of sp³-hybridized carbons (Fsp3) is 0. The number of rotatable bonds is 1. The number of nitriles is 1. The minimum Gasteiger partial charge on any atom is -0.396 e. The molecule has 1 aromatic carbocycles.